The largest absolute Gasteiger partial charge is 0.497 e. The molecule has 0 radical (unpaired) electrons. The summed E-state index contributed by atoms with van der Waals surface area (Å²) in [4.78, 5) is 18.2. The molecule has 6 nitrogen and oxygen atoms in total. The summed E-state index contributed by atoms with van der Waals surface area (Å²) in [6, 6.07) is 9.22. The Morgan fingerprint density at radius 1 is 1.32 bits per heavy atom. The van der Waals surface area contributed by atoms with Crippen molar-refractivity contribution in [3.63, 3.8) is 0 Å². The van der Waals surface area contributed by atoms with Crippen LogP contribution in [0.1, 0.15) is 49.4 Å². The van der Waals surface area contributed by atoms with E-state index in [9.17, 15) is 9.90 Å². The van der Waals surface area contributed by atoms with Gasteiger partial charge in [-0.1, -0.05) is 0 Å². The molecular formula is C27H33FN2O4. The molecular weight excluding hydrogens is 435 g/mol. The van der Waals surface area contributed by atoms with Gasteiger partial charge in [0.2, 0.25) is 0 Å². The van der Waals surface area contributed by atoms with Gasteiger partial charge in [-0.25, -0.2) is 4.39 Å². The van der Waals surface area contributed by atoms with E-state index in [-0.39, 0.29) is 18.3 Å². The van der Waals surface area contributed by atoms with Crippen molar-refractivity contribution in [1.82, 2.24) is 9.88 Å². The number of nitrogens with zero attached hydrogens (tertiary/aromatic N) is 2. The summed E-state index contributed by atoms with van der Waals surface area (Å²) >= 11 is 0. The van der Waals surface area contributed by atoms with E-state index in [1.54, 1.807) is 31.9 Å². The smallest absolute Gasteiger partial charge is 0.303 e. The molecule has 1 fully saturated rings. The van der Waals surface area contributed by atoms with E-state index < -0.39 is 12.1 Å². The number of carboxylic acid groups (broad SMARTS) is 1. The quantitative estimate of drug-likeness (QED) is 0.391. The molecule has 182 valence electrons. The standard InChI is InChI=1S/C27H33FN2O4/c1-33-22-5-7-26-24(16-22)23(8-11-29-26)25(28)6-4-20-9-13-30(17-21(20)15-27(31)32)12-2-3-19-10-14-34-18-19/h5,7-8,10-11,14,16,18,20-21,25H,2-4,6,9,12-13,15,17H2,1H3,(H,31,32)/t20-,21+,25?/m1/s1. The molecule has 34 heavy (non-hydrogen) atoms. The number of aromatic nitrogens is 1. The molecule has 3 heterocycles. The summed E-state index contributed by atoms with van der Waals surface area (Å²) in [6.07, 6.45) is 8.03. The highest BCUT2D eigenvalue weighted by molar-refractivity contribution is 5.83. The number of carbonyl (C=O) groups is 1. The average molecular weight is 469 g/mol. The third-order valence-corrected chi connectivity index (χ3v) is 7.04. The van der Waals surface area contributed by atoms with Crippen molar-refractivity contribution in [2.24, 2.45) is 11.8 Å². The van der Waals surface area contributed by atoms with Gasteiger partial charge in [0.05, 0.1) is 25.2 Å². The maximum atomic E-state index is 15.4. The predicted molar refractivity (Wildman–Crippen MR) is 129 cm³/mol. The summed E-state index contributed by atoms with van der Waals surface area (Å²) in [6.45, 7) is 2.62. The maximum absolute atomic E-state index is 15.4. The Kier molecular flexibility index (Phi) is 8.16. The van der Waals surface area contributed by atoms with Crippen LogP contribution in [0.15, 0.2) is 53.5 Å². The lowest BCUT2D eigenvalue weighted by atomic mass is 9.79. The number of fused-ring (bicyclic) bond motifs is 1. The van der Waals surface area contributed by atoms with Gasteiger partial charge in [-0.3, -0.25) is 9.78 Å². The van der Waals surface area contributed by atoms with Crippen molar-refractivity contribution in [3.05, 3.63) is 60.2 Å². The van der Waals surface area contributed by atoms with E-state index in [2.05, 4.69) is 9.88 Å². The van der Waals surface area contributed by atoms with Crippen molar-refractivity contribution < 1.29 is 23.4 Å². The van der Waals surface area contributed by atoms with Gasteiger partial charge >= 0.3 is 5.97 Å². The Balaban J connectivity index is 1.35. The first kappa shape index (κ1) is 24.2. The first-order valence-electron chi connectivity index (χ1n) is 12.1. The topological polar surface area (TPSA) is 75.8 Å². The molecule has 0 saturated carbocycles. The number of aliphatic carboxylic acids is 1. The number of furan rings is 1. The number of ether oxygens (including phenoxy) is 1. The SMILES string of the molecule is COc1ccc2nccc(C(F)CC[C@@H]3CCN(CCCc4ccoc4)C[C@@H]3CC(=O)O)c2c1. The molecule has 1 aliphatic heterocycles. The Morgan fingerprint density at radius 3 is 2.97 bits per heavy atom. The van der Waals surface area contributed by atoms with Gasteiger partial charge in [0, 0.05) is 24.5 Å². The van der Waals surface area contributed by atoms with Crippen LogP contribution in [0.2, 0.25) is 0 Å². The minimum atomic E-state index is -1.13. The number of rotatable bonds is 11. The van der Waals surface area contributed by atoms with Gasteiger partial charge in [-0.15, -0.1) is 0 Å². The fourth-order valence-corrected chi connectivity index (χ4v) is 5.20. The number of methoxy groups -OCH3 is 1. The number of pyridine rings is 1. The molecule has 1 saturated heterocycles. The van der Waals surface area contributed by atoms with Crippen molar-refractivity contribution in [3.8, 4) is 5.75 Å². The van der Waals surface area contributed by atoms with Gasteiger partial charge in [0.15, 0.2) is 0 Å². The molecule has 1 N–H and O–H groups in total. The predicted octanol–water partition coefficient (Wildman–Crippen LogP) is 5.67. The van der Waals surface area contributed by atoms with Crippen molar-refractivity contribution in [2.75, 3.05) is 26.7 Å². The number of likely N-dealkylation sites (tertiary alicyclic amines) is 1. The van der Waals surface area contributed by atoms with Gasteiger partial charge in [0.1, 0.15) is 11.9 Å². The summed E-state index contributed by atoms with van der Waals surface area (Å²) in [5.41, 5.74) is 2.55. The highest BCUT2D eigenvalue weighted by Gasteiger charge is 2.31. The van der Waals surface area contributed by atoms with E-state index in [4.69, 9.17) is 9.15 Å². The van der Waals surface area contributed by atoms with E-state index in [0.29, 0.717) is 24.2 Å². The minimum absolute atomic E-state index is 0.0432. The van der Waals surface area contributed by atoms with Crippen LogP contribution in [0, 0.1) is 11.8 Å². The highest BCUT2D eigenvalue weighted by atomic mass is 19.1. The van der Waals surface area contributed by atoms with Crippen LogP contribution in [-0.2, 0) is 11.2 Å². The molecule has 0 amide bonds. The molecule has 0 bridgehead atoms. The number of aryl methyl sites for hydroxylation is 1. The molecule has 1 unspecified atom stereocenters. The molecule has 1 aromatic carbocycles. The zero-order valence-corrected chi connectivity index (χ0v) is 19.7. The molecule has 3 aromatic rings. The van der Waals surface area contributed by atoms with E-state index in [1.165, 1.54) is 5.56 Å². The molecule has 1 aliphatic rings. The zero-order chi connectivity index (χ0) is 23.9. The van der Waals surface area contributed by atoms with Crippen molar-refractivity contribution in [1.29, 1.82) is 0 Å². The number of benzene rings is 1. The molecule has 0 spiro atoms. The maximum Gasteiger partial charge on any atom is 0.303 e. The van der Waals surface area contributed by atoms with Crippen LogP contribution in [0.4, 0.5) is 4.39 Å². The van der Waals surface area contributed by atoms with E-state index >= 15 is 4.39 Å². The molecule has 7 heteroatoms. The Bertz CT molecular complexity index is 1070. The summed E-state index contributed by atoms with van der Waals surface area (Å²) < 4.78 is 25.9. The second kappa shape index (κ2) is 11.5. The van der Waals surface area contributed by atoms with Crippen LogP contribution in [0.25, 0.3) is 10.9 Å². The normalized spacial score (nSPS) is 19.8. The van der Waals surface area contributed by atoms with Crippen LogP contribution < -0.4 is 4.74 Å². The van der Waals surface area contributed by atoms with Crippen LogP contribution in [0.3, 0.4) is 0 Å². The molecule has 0 aliphatic carbocycles. The number of piperidine rings is 1. The third-order valence-electron chi connectivity index (χ3n) is 7.04. The lowest BCUT2D eigenvalue weighted by molar-refractivity contribution is -0.139. The van der Waals surface area contributed by atoms with Crippen LogP contribution >= 0.6 is 0 Å². The lowest BCUT2D eigenvalue weighted by Gasteiger charge is -2.38. The van der Waals surface area contributed by atoms with Crippen LogP contribution in [-0.4, -0.2) is 47.7 Å². The second-order valence-electron chi connectivity index (χ2n) is 9.27. The number of halogens is 1. The van der Waals surface area contributed by atoms with Gasteiger partial charge in [0.25, 0.3) is 0 Å². The Morgan fingerprint density at radius 2 is 2.21 bits per heavy atom. The fraction of sp³-hybridized carbons (Fsp3) is 0.481. The van der Waals surface area contributed by atoms with Crippen molar-refractivity contribution >= 4 is 16.9 Å². The fourth-order valence-electron chi connectivity index (χ4n) is 5.20. The van der Waals surface area contributed by atoms with Gasteiger partial charge < -0.3 is 19.2 Å². The Hall–Kier alpha value is -2.93. The summed E-state index contributed by atoms with van der Waals surface area (Å²) in [5.74, 6) is 0.152. The minimum Gasteiger partial charge on any atom is -0.497 e. The Labute approximate surface area is 199 Å². The number of alkyl halides is 1. The molecule has 2 aromatic heterocycles. The highest BCUT2D eigenvalue weighted by Crippen LogP contribution is 2.36. The average Bonchev–Trinajstić information content (AvgIpc) is 3.36. The van der Waals surface area contributed by atoms with E-state index in [1.807, 2.05) is 24.3 Å². The third kappa shape index (κ3) is 6.14. The number of hydrogen-bond donors (Lipinski definition) is 1. The van der Waals surface area contributed by atoms with Gasteiger partial charge in [-0.2, -0.15) is 0 Å². The van der Waals surface area contributed by atoms with Crippen molar-refractivity contribution in [2.45, 2.75) is 44.7 Å². The number of carboxylic acids is 1. The first-order chi connectivity index (χ1) is 16.5. The zero-order valence-electron chi connectivity index (χ0n) is 19.7. The van der Waals surface area contributed by atoms with Gasteiger partial charge in [-0.05, 0) is 98.5 Å². The van der Waals surface area contributed by atoms with E-state index in [0.717, 1.165) is 49.8 Å². The lowest BCUT2D eigenvalue weighted by Crippen LogP contribution is -2.42. The number of hydrogen-bond acceptors (Lipinski definition) is 5. The molecule has 3 atom stereocenters. The molecule has 4 rings (SSSR count). The first-order valence-corrected chi connectivity index (χ1v) is 12.1. The monoisotopic (exact) mass is 468 g/mol. The van der Waals surface area contributed by atoms with Crippen LogP contribution in [0.5, 0.6) is 5.75 Å². The summed E-state index contributed by atoms with van der Waals surface area (Å²) in [5, 5.41) is 10.2. The second-order valence-corrected chi connectivity index (χ2v) is 9.27. The summed E-state index contributed by atoms with van der Waals surface area (Å²) in [7, 11) is 1.59.